The van der Waals surface area contributed by atoms with E-state index < -0.39 is 0 Å². The van der Waals surface area contributed by atoms with Crippen molar-refractivity contribution in [3.8, 4) is 51.1 Å². The van der Waals surface area contributed by atoms with E-state index >= 15 is 0 Å². The smallest absolute Gasteiger partial charge is 0.164 e. The second-order valence-electron chi connectivity index (χ2n) is 8.40. The summed E-state index contributed by atoms with van der Waals surface area (Å²) in [5, 5.41) is 26.2. The lowest BCUT2D eigenvalue weighted by atomic mass is 9.92. The summed E-state index contributed by atoms with van der Waals surface area (Å²) in [5.41, 5.74) is 6.63. The molecule has 0 unspecified atom stereocenters. The highest BCUT2D eigenvalue weighted by atomic mass is 16.3. The van der Waals surface area contributed by atoms with Crippen LogP contribution in [-0.4, -0.2) is 19.9 Å². The van der Waals surface area contributed by atoms with Gasteiger partial charge in [0.1, 0.15) is 17.5 Å². The van der Waals surface area contributed by atoms with Crippen LogP contribution in [0.4, 0.5) is 0 Å². The largest absolute Gasteiger partial charge is 0.508 e. The third-order valence-corrected chi connectivity index (χ3v) is 6.18. The fourth-order valence-electron chi connectivity index (χ4n) is 4.53. The van der Waals surface area contributed by atoms with Crippen LogP contribution in [0.2, 0.25) is 0 Å². The lowest BCUT2D eigenvalue weighted by Crippen LogP contribution is -2.01. The normalized spacial score (nSPS) is 10.9. The maximum Gasteiger partial charge on any atom is 0.164 e. The lowest BCUT2D eigenvalue weighted by Gasteiger charge is -2.13. The number of nitriles is 1. The number of para-hydroxylation sites is 1. The number of rotatable bonds is 4. The molecule has 0 aliphatic heterocycles. The Labute approximate surface area is 208 Å². The van der Waals surface area contributed by atoms with Gasteiger partial charge in [-0.25, -0.2) is 9.67 Å². The van der Waals surface area contributed by atoms with Crippen LogP contribution in [0.1, 0.15) is 5.56 Å². The van der Waals surface area contributed by atoms with Crippen LogP contribution >= 0.6 is 0 Å². The van der Waals surface area contributed by atoms with Crippen molar-refractivity contribution < 1.29 is 5.11 Å². The van der Waals surface area contributed by atoms with Crippen LogP contribution < -0.4 is 0 Å². The number of nitrogens with zero attached hydrogens (tertiary/aromatic N) is 4. The summed E-state index contributed by atoms with van der Waals surface area (Å²) < 4.78 is 1.84. The maximum atomic E-state index is 10.5. The molecule has 0 fully saturated rings. The number of aromatic nitrogens is 3. The summed E-state index contributed by atoms with van der Waals surface area (Å²) in [7, 11) is 0. The van der Waals surface area contributed by atoms with Crippen molar-refractivity contribution >= 4 is 11.0 Å². The number of pyridine rings is 1. The summed E-state index contributed by atoms with van der Waals surface area (Å²) in [6.07, 6.45) is 0. The van der Waals surface area contributed by atoms with Crippen molar-refractivity contribution in [3.63, 3.8) is 0 Å². The number of phenolic OH excluding ortho intramolecular Hbond substituents is 1. The lowest BCUT2D eigenvalue weighted by molar-refractivity contribution is 0.475. The maximum absolute atomic E-state index is 10.5. The van der Waals surface area contributed by atoms with Gasteiger partial charge in [0, 0.05) is 16.7 Å². The van der Waals surface area contributed by atoms with Crippen LogP contribution in [0, 0.1) is 11.3 Å². The molecule has 4 aromatic carbocycles. The molecular weight excluding hydrogens is 444 g/mol. The standard InChI is InChI=1S/C31H20N4O/c32-20-26-27(21-16-18-25(36)19-17-21)28-30(23-12-6-2-7-13-23)34-35(24-14-8-3-9-15-24)31(28)33-29(26)22-10-4-1-5-11-22/h1-19,36H. The zero-order valence-electron chi connectivity index (χ0n) is 19.2. The zero-order valence-corrected chi connectivity index (χ0v) is 19.2. The minimum atomic E-state index is 0.161. The van der Waals surface area contributed by atoms with E-state index in [0.717, 1.165) is 39.0 Å². The Balaban J connectivity index is 1.82. The molecule has 1 N–H and O–H groups in total. The van der Waals surface area contributed by atoms with Crippen LogP contribution in [0.25, 0.3) is 50.4 Å². The average Bonchev–Trinajstić information content (AvgIpc) is 3.33. The Morgan fingerprint density at radius 3 is 1.78 bits per heavy atom. The molecule has 2 heterocycles. The van der Waals surface area contributed by atoms with E-state index in [1.165, 1.54) is 0 Å². The summed E-state index contributed by atoms with van der Waals surface area (Å²) >= 11 is 0. The molecule has 170 valence electrons. The van der Waals surface area contributed by atoms with Crippen molar-refractivity contribution in [2.24, 2.45) is 0 Å². The molecule has 6 rings (SSSR count). The van der Waals surface area contributed by atoms with Gasteiger partial charge in [-0.05, 0) is 29.8 Å². The van der Waals surface area contributed by atoms with Gasteiger partial charge in [0.15, 0.2) is 5.65 Å². The fraction of sp³-hybridized carbons (Fsp3) is 0. The van der Waals surface area contributed by atoms with Gasteiger partial charge in [-0.1, -0.05) is 91.0 Å². The highest BCUT2D eigenvalue weighted by molar-refractivity contribution is 6.07. The van der Waals surface area contributed by atoms with E-state index in [1.807, 2.05) is 108 Å². The zero-order chi connectivity index (χ0) is 24.5. The molecule has 0 atom stereocenters. The summed E-state index contributed by atoms with van der Waals surface area (Å²) in [6, 6.07) is 38.9. The molecule has 0 bridgehead atoms. The van der Waals surface area contributed by atoms with E-state index in [4.69, 9.17) is 10.1 Å². The minimum Gasteiger partial charge on any atom is -0.508 e. The molecule has 0 amide bonds. The number of benzene rings is 4. The second kappa shape index (κ2) is 8.86. The van der Waals surface area contributed by atoms with Gasteiger partial charge >= 0.3 is 0 Å². The third-order valence-electron chi connectivity index (χ3n) is 6.18. The minimum absolute atomic E-state index is 0.161. The summed E-state index contributed by atoms with van der Waals surface area (Å²) in [5.74, 6) is 0.161. The molecule has 0 saturated carbocycles. The highest BCUT2D eigenvalue weighted by Crippen LogP contribution is 2.42. The van der Waals surface area contributed by atoms with E-state index in [-0.39, 0.29) is 5.75 Å². The molecule has 6 aromatic rings. The van der Waals surface area contributed by atoms with E-state index in [1.54, 1.807) is 12.1 Å². The fourth-order valence-corrected chi connectivity index (χ4v) is 4.53. The van der Waals surface area contributed by atoms with Crippen molar-refractivity contribution in [1.82, 2.24) is 14.8 Å². The Morgan fingerprint density at radius 2 is 1.19 bits per heavy atom. The van der Waals surface area contributed by atoms with E-state index in [9.17, 15) is 10.4 Å². The molecule has 0 saturated heterocycles. The Morgan fingerprint density at radius 1 is 0.639 bits per heavy atom. The Kier molecular flexibility index (Phi) is 5.25. The number of aromatic hydroxyl groups is 1. The predicted octanol–water partition coefficient (Wildman–Crippen LogP) is 7.00. The van der Waals surface area contributed by atoms with Gasteiger partial charge < -0.3 is 5.11 Å². The first-order valence-electron chi connectivity index (χ1n) is 11.6. The summed E-state index contributed by atoms with van der Waals surface area (Å²) in [4.78, 5) is 5.07. The highest BCUT2D eigenvalue weighted by Gasteiger charge is 2.25. The van der Waals surface area contributed by atoms with Crippen LogP contribution in [-0.2, 0) is 0 Å². The van der Waals surface area contributed by atoms with Crippen molar-refractivity contribution in [2.75, 3.05) is 0 Å². The molecule has 0 aliphatic rings. The topological polar surface area (TPSA) is 74.7 Å². The predicted molar refractivity (Wildman–Crippen MR) is 142 cm³/mol. The Bertz CT molecular complexity index is 1720. The van der Waals surface area contributed by atoms with E-state index in [2.05, 4.69) is 6.07 Å². The number of phenols is 1. The quantitative estimate of drug-likeness (QED) is 0.305. The molecule has 5 nitrogen and oxygen atoms in total. The van der Waals surface area contributed by atoms with E-state index in [0.29, 0.717) is 16.9 Å². The number of hydrogen-bond acceptors (Lipinski definition) is 4. The van der Waals surface area contributed by atoms with Gasteiger partial charge in [0.25, 0.3) is 0 Å². The number of hydrogen-bond donors (Lipinski definition) is 1. The van der Waals surface area contributed by atoms with Gasteiger partial charge in [0.2, 0.25) is 0 Å². The monoisotopic (exact) mass is 464 g/mol. The molecule has 36 heavy (non-hydrogen) atoms. The first-order chi connectivity index (χ1) is 17.7. The molecule has 2 aromatic heterocycles. The van der Waals surface area contributed by atoms with Crippen LogP contribution in [0.3, 0.4) is 0 Å². The van der Waals surface area contributed by atoms with Gasteiger partial charge in [-0.2, -0.15) is 10.4 Å². The van der Waals surface area contributed by atoms with Crippen LogP contribution in [0.5, 0.6) is 5.75 Å². The Hall–Kier alpha value is -5.21. The SMILES string of the molecule is N#Cc1c(-c2ccccc2)nc2c(c(-c3ccccc3)nn2-c2ccccc2)c1-c1ccc(O)cc1. The second-order valence-corrected chi connectivity index (χ2v) is 8.40. The molecule has 0 aliphatic carbocycles. The molecule has 5 heteroatoms. The first kappa shape index (κ1) is 21.3. The van der Waals surface area contributed by atoms with Crippen molar-refractivity contribution in [2.45, 2.75) is 0 Å². The van der Waals surface area contributed by atoms with Crippen LogP contribution in [0.15, 0.2) is 115 Å². The molecular formula is C31H20N4O. The summed E-state index contributed by atoms with van der Waals surface area (Å²) in [6.45, 7) is 0. The molecule has 0 spiro atoms. The first-order valence-corrected chi connectivity index (χ1v) is 11.6. The molecule has 0 radical (unpaired) electrons. The van der Waals surface area contributed by atoms with Gasteiger partial charge in [-0.15, -0.1) is 0 Å². The average molecular weight is 465 g/mol. The number of fused-ring (bicyclic) bond motifs is 1. The van der Waals surface area contributed by atoms with Gasteiger partial charge in [0.05, 0.1) is 22.3 Å². The van der Waals surface area contributed by atoms with Gasteiger partial charge in [-0.3, -0.25) is 0 Å². The third kappa shape index (κ3) is 3.58. The van der Waals surface area contributed by atoms with Crippen molar-refractivity contribution in [1.29, 1.82) is 5.26 Å². The van der Waals surface area contributed by atoms with Crippen molar-refractivity contribution in [3.05, 3.63) is 121 Å².